The van der Waals surface area contributed by atoms with E-state index in [-0.39, 0.29) is 16.8 Å². The molecule has 0 unspecified atom stereocenters. The van der Waals surface area contributed by atoms with Crippen molar-refractivity contribution in [3.8, 4) is 5.75 Å². The summed E-state index contributed by atoms with van der Waals surface area (Å²) >= 11 is 2.92. The van der Waals surface area contributed by atoms with Gasteiger partial charge in [0.1, 0.15) is 5.75 Å². The van der Waals surface area contributed by atoms with Gasteiger partial charge in [-0.3, -0.25) is 0 Å². The van der Waals surface area contributed by atoms with Gasteiger partial charge in [-0.2, -0.15) is 0 Å². The van der Waals surface area contributed by atoms with Crippen LogP contribution in [0.25, 0.3) is 0 Å². The average Bonchev–Trinajstić information content (AvgIpc) is 2.07. The third kappa shape index (κ3) is 3.28. The van der Waals surface area contributed by atoms with Gasteiger partial charge in [0.15, 0.2) is 0 Å². The molecule has 0 amide bonds. The summed E-state index contributed by atoms with van der Waals surface area (Å²) in [5, 5.41) is 0. The highest BCUT2D eigenvalue weighted by Crippen LogP contribution is 2.33. The highest BCUT2D eigenvalue weighted by molar-refractivity contribution is 9.10. The number of anilines is 1. The minimum absolute atomic E-state index is 0.0489. The molecule has 0 saturated carbocycles. The van der Waals surface area contributed by atoms with Gasteiger partial charge >= 0.3 is 6.36 Å². The number of ether oxygens (including phenoxy) is 1. The summed E-state index contributed by atoms with van der Waals surface area (Å²) in [6.07, 6.45) is -4.73. The highest BCUT2D eigenvalue weighted by atomic mass is 79.9. The van der Waals surface area contributed by atoms with Gasteiger partial charge in [-0.15, -0.1) is 13.2 Å². The number of nitrogen functional groups attached to an aromatic ring is 1. The van der Waals surface area contributed by atoms with E-state index >= 15 is 0 Å². The van der Waals surface area contributed by atoms with Crippen LogP contribution >= 0.6 is 15.9 Å². The Morgan fingerprint density at radius 3 is 2.40 bits per heavy atom. The number of hydrogen-bond donors (Lipinski definition) is 2. The first kappa shape index (κ1) is 12.1. The molecule has 0 radical (unpaired) electrons. The molecule has 0 fully saturated rings. The summed E-state index contributed by atoms with van der Waals surface area (Å²) in [6.45, 7) is 0.0489. The van der Waals surface area contributed by atoms with E-state index in [0.29, 0.717) is 11.3 Å². The Balaban J connectivity index is 3.08. The van der Waals surface area contributed by atoms with Crippen LogP contribution in [0, 0.1) is 0 Å². The van der Waals surface area contributed by atoms with Crippen LogP contribution in [0.1, 0.15) is 5.56 Å². The second-order valence-corrected chi connectivity index (χ2v) is 3.59. The van der Waals surface area contributed by atoms with Crippen LogP contribution in [0.4, 0.5) is 18.9 Å². The van der Waals surface area contributed by atoms with Gasteiger partial charge in [0, 0.05) is 12.2 Å². The lowest BCUT2D eigenvalue weighted by Crippen LogP contribution is -2.18. The van der Waals surface area contributed by atoms with Crippen LogP contribution in [0.2, 0.25) is 0 Å². The maximum absolute atomic E-state index is 12.0. The molecule has 0 aliphatic rings. The molecular formula is C8H8BrF3N2O. The van der Waals surface area contributed by atoms with Gasteiger partial charge in [0.25, 0.3) is 0 Å². The van der Waals surface area contributed by atoms with E-state index in [1.165, 1.54) is 6.07 Å². The third-order valence-electron chi connectivity index (χ3n) is 1.64. The fourth-order valence-corrected chi connectivity index (χ4v) is 1.43. The van der Waals surface area contributed by atoms with Crippen molar-refractivity contribution in [1.82, 2.24) is 0 Å². The van der Waals surface area contributed by atoms with E-state index in [1.807, 2.05) is 0 Å². The SMILES string of the molecule is NCc1cc(OC(F)(F)F)c(Br)cc1N. The van der Waals surface area contributed by atoms with Crippen molar-refractivity contribution in [3.05, 3.63) is 22.2 Å². The lowest BCUT2D eigenvalue weighted by molar-refractivity contribution is -0.274. The number of nitrogens with two attached hydrogens (primary N) is 2. The lowest BCUT2D eigenvalue weighted by Gasteiger charge is -2.13. The summed E-state index contributed by atoms with van der Waals surface area (Å²) in [4.78, 5) is 0. The predicted molar refractivity (Wildman–Crippen MR) is 53.1 cm³/mol. The molecule has 1 aromatic rings. The van der Waals surface area contributed by atoms with Gasteiger partial charge in [-0.25, -0.2) is 0 Å². The second kappa shape index (κ2) is 4.28. The molecule has 1 rings (SSSR count). The molecule has 0 bridgehead atoms. The number of alkyl halides is 3. The first-order valence-corrected chi connectivity index (χ1v) is 4.66. The van der Waals surface area contributed by atoms with Crippen LogP contribution in [-0.4, -0.2) is 6.36 Å². The molecule has 84 valence electrons. The summed E-state index contributed by atoms with van der Waals surface area (Å²) in [5.74, 6) is -0.350. The molecule has 0 aromatic heterocycles. The van der Waals surface area contributed by atoms with Crippen molar-refractivity contribution < 1.29 is 17.9 Å². The van der Waals surface area contributed by atoms with E-state index in [4.69, 9.17) is 11.5 Å². The van der Waals surface area contributed by atoms with Crippen LogP contribution in [0.3, 0.4) is 0 Å². The molecule has 0 aliphatic carbocycles. The van der Waals surface area contributed by atoms with Gasteiger partial charge in [-0.1, -0.05) is 0 Å². The highest BCUT2D eigenvalue weighted by Gasteiger charge is 2.32. The van der Waals surface area contributed by atoms with E-state index in [2.05, 4.69) is 20.7 Å². The Morgan fingerprint density at radius 1 is 1.33 bits per heavy atom. The molecule has 0 heterocycles. The topological polar surface area (TPSA) is 61.3 Å². The minimum Gasteiger partial charge on any atom is -0.405 e. The van der Waals surface area contributed by atoms with Crippen molar-refractivity contribution in [2.75, 3.05) is 5.73 Å². The van der Waals surface area contributed by atoms with Gasteiger partial charge in [0.2, 0.25) is 0 Å². The van der Waals surface area contributed by atoms with Crippen molar-refractivity contribution in [3.63, 3.8) is 0 Å². The van der Waals surface area contributed by atoms with E-state index in [0.717, 1.165) is 6.07 Å². The summed E-state index contributed by atoms with van der Waals surface area (Å²) in [7, 11) is 0. The van der Waals surface area contributed by atoms with Gasteiger partial charge < -0.3 is 16.2 Å². The summed E-state index contributed by atoms with van der Waals surface area (Å²) in [5.41, 5.74) is 11.5. The smallest absolute Gasteiger partial charge is 0.405 e. The average molecular weight is 285 g/mol. The van der Waals surface area contributed by atoms with Crippen LogP contribution in [0.15, 0.2) is 16.6 Å². The van der Waals surface area contributed by atoms with Gasteiger partial charge in [-0.05, 0) is 33.6 Å². The van der Waals surface area contributed by atoms with Crippen LogP contribution in [0.5, 0.6) is 5.75 Å². The Kier molecular flexibility index (Phi) is 3.46. The third-order valence-corrected chi connectivity index (χ3v) is 2.26. The fourth-order valence-electron chi connectivity index (χ4n) is 0.991. The normalized spacial score (nSPS) is 11.5. The largest absolute Gasteiger partial charge is 0.573 e. The number of halogens is 4. The van der Waals surface area contributed by atoms with E-state index in [9.17, 15) is 13.2 Å². The predicted octanol–water partition coefficient (Wildman–Crippen LogP) is 2.39. The molecule has 0 saturated heterocycles. The monoisotopic (exact) mass is 284 g/mol. The molecule has 0 atom stereocenters. The lowest BCUT2D eigenvalue weighted by atomic mass is 10.2. The standard InChI is InChI=1S/C8H8BrF3N2O/c9-5-2-6(14)4(3-13)1-7(5)15-8(10,11)12/h1-2H,3,13-14H2. The number of hydrogen-bond acceptors (Lipinski definition) is 3. The maximum atomic E-state index is 12.0. The zero-order valence-corrected chi connectivity index (χ0v) is 9.02. The second-order valence-electron chi connectivity index (χ2n) is 2.73. The maximum Gasteiger partial charge on any atom is 0.573 e. The molecule has 1 aromatic carbocycles. The Hall–Kier alpha value is -0.950. The van der Waals surface area contributed by atoms with Crippen molar-refractivity contribution >= 4 is 21.6 Å². The summed E-state index contributed by atoms with van der Waals surface area (Å²) in [6, 6.07) is 2.48. The molecule has 0 spiro atoms. The van der Waals surface area contributed by atoms with E-state index in [1.54, 1.807) is 0 Å². The van der Waals surface area contributed by atoms with E-state index < -0.39 is 6.36 Å². The molecule has 15 heavy (non-hydrogen) atoms. The summed E-state index contributed by atoms with van der Waals surface area (Å²) < 4.78 is 39.8. The molecular weight excluding hydrogens is 277 g/mol. The Labute approximate surface area is 92.3 Å². The molecule has 7 heteroatoms. The zero-order chi connectivity index (χ0) is 11.6. The van der Waals surface area contributed by atoms with Crippen molar-refractivity contribution in [2.45, 2.75) is 12.9 Å². The first-order chi connectivity index (χ1) is 6.83. The van der Waals surface area contributed by atoms with Crippen molar-refractivity contribution in [1.29, 1.82) is 0 Å². The minimum atomic E-state index is -4.73. The van der Waals surface area contributed by atoms with Crippen molar-refractivity contribution in [2.24, 2.45) is 5.73 Å². The fraction of sp³-hybridized carbons (Fsp3) is 0.250. The zero-order valence-electron chi connectivity index (χ0n) is 7.44. The quantitative estimate of drug-likeness (QED) is 0.820. The van der Waals surface area contributed by atoms with Crippen LogP contribution < -0.4 is 16.2 Å². The Morgan fingerprint density at radius 2 is 1.93 bits per heavy atom. The Bertz CT molecular complexity index is 368. The van der Waals surface area contributed by atoms with Crippen LogP contribution in [-0.2, 0) is 6.54 Å². The molecule has 4 N–H and O–H groups in total. The van der Waals surface area contributed by atoms with Gasteiger partial charge in [0.05, 0.1) is 4.47 Å². The first-order valence-electron chi connectivity index (χ1n) is 3.87. The number of benzene rings is 1. The number of rotatable bonds is 2. The molecule has 0 aliphatic heterocycles. The molecule has 3 nitrogen and oxygen atoms in total.